The summed E-state index contributed by atoms with van der Waals surface area (Å²) < 4.78 is 62.2. The Labute approximate surface area is 88.4 Å². The lowest BCUT2D eigenvalue weighted by Crippen LogP contribution is -2.37. The van der Waals surface area contributed by atoms with Crippen LogP contribution in [0.3, 0.4) is 0 Å². The fourth-order valence-electron chi connectivity index (χ4n) is 1.50. The second-order valence-corrected chi connectivity index (χ2v) is 3.45. The summed E-state index contributed by atoms with van der Waals surface area (Å²) in [7, 11) is 0. The fraction of sp³-hybridized carbons (Fsp3) is 0.182. The first-order valence-corrected chi connectivity index (χ1v) is 4.43. The lowest BCUT2D eigenvalue weighted by Gasteiger charge is -2.20. The van der Waals surface area contributed by atoms with E-state index in [0.717, 1.165) is 12.5 Å². The number of hydrogen-bond donors (Lipinski definition) is 0. The molecule has 0 N–H and O–H groups in total. The Morgan fingerprint density at radius 2 is 1.38 bits per heavy atom. The van der Waals surface area contributed by atoms with Crippen molar-refractivity contribution in [1.29, 1.82) is 0 Å². The van der Waals surface area contributed by atoms with E-state index in [1.165, 1.54) is 12.1 Å². The van der Waals surface area contributed by atoms with E-state index in [1.807, 2.05) is 0 Å². The highest BCUT2D eigenvalue weighted by atomic mass is 19.4. The highest BCUT2D eigenvalue weighted by Gasteiger charge is 2.60. The maximum absolute atomic E-state index is 13.0. The summed E-state index contributed by atoms with van der Waals surface area (Å²) in [6, 6.07) is 6.15. The zero-order valence-corrected chi connectivity index (χ0v) is 7.85. The molecule has 1 radical (unpaired) electrons. The highest BCUT2D eigenvalue weighted by molar-refractivity contribution is 5.70. The highest BCUT2D eigenvalue weighted by Crippen LogP contribution is 2.46. The van der Waals surface area contributed by atoms with Crippen LogP contribution >= 0.6 is 0 Å². The van der Waals surface area contributed by atoms with Crippen LogP contribution in [0.2, 0.25) is 0 Å². The SMILES string of the molecule is FC(F)(F)C(F)(F)C1=Cc2ccccc2[CH]1. The molecule has 2 rings (SSSR count). The van der Waals surface area contributed by atoms with Crippen LogP contribution in [0.25, 0.3) is 6.08 Å². The summed E-state index contributed by atoms with van der Waals surface area (Å²) in [5.74, 6) is -4.80. The Hall–Kier alpha value is -1.39. The molecule has 16 heavy (non-hydrogen) atoms. The number of benzene rings is 1. The smallest absolute Gasteiger partial charge is 0.191 e. The van der Waals surface area contributed by atoms with Crippen LogP contribution in [0.15, 0.2) is 29.8 Å². The van der Waals surface area contributed by atoms with Gasteiger partial charge < -0.3 is 0 Å². The minimum absolute atomic E-state index is 0.376. The van der Waals surface area contributed by atoms with E-state index in [4.69, 9.17) is 0 Å². The van der Waals surface area contributed by atoms with Gasteiger partial charge in [0.15, 0.2) is 0 Å². The first kappa shape index (κ1) is 11.1. The van der Waals surface area contributed by atoms with Crippen molar-refractivity contribution in [2.45, 2.75) is 12.1 Å². The molecule has 0 bridgehead atoms. The molecule has 0 heterocycles. The van der Waals surface area contributed by atoms with Crippen molar-refractivity contribution < 1.29 is 22.0 Å². The van der Waals surface area contributed by atoms with Gasteiger partial charge in [0.05, 0.1) is 0 Å². The van der Waals surface area contributed by atoms with Crippen LogP contribution in [0.1, 0.15) is 11.1 Å². The molecule has 0 spiro atoms. The summed E-state index contributed by atoms with van der Waals surface area (Å²) in [6.07, 6.45) is -3.83. The van der Waals surface area contributed by atoms with Gasteiger partial charge in [0.25, 0.3) is 0 Å². The second kappa shape index (κ2) is 3.30. The number of alkyl halides is 5. The zero-order valence-electron chi connectivity index (χ0n) is 7.85. The van der Waals surface area contributed by atoms with Gasteiger partial charge in [-0.25, -0.2) is 0 Å². The summed E-state index contributed by atoms with van der Waals surface area (Å²) in [5, 5.41) is 0. The maximum Gasteiger partial charge on any atom is 0.457 e. The Morgan fingerprint density at radius 1 is 0.812 bits per heavy atom. The maximum atomic E-state index is 13.0. The molecule has 0 atom stereocenters. The van der Waals surface area contributed by atoms with Crippen LogP contribution in [0.4, 0.5) is 22.0 Å². The van der Waals surface area contributed by atoms with Gasteiger partial charge in [-0.3, -0.25) is 0 Å². The second-order valence-electron chi connectivity index (χ2n) is 3.45. The summed E-state index contributed by atoms with van der Waals surface area (Å²) >= 11 is 0. The third-order valence-corrected chi connectivity index (χ3v) is 2.34. The van der Waals surface area contributed by atoms with E-state index in [2.05, 4.69) is 0 Å². The van der Waals surface area contributed by atoms with E-state index in [0.29, 0.717) is 11.1 Å². The van der Waals surface area contributed by atoms with Crippen molar-refractivity contribution in [3.05, 3.63) is 47.4 Å². The van der Waals surface area contributed by atoms with Crippen molar-refractivity contribution >= 4 is 6.08 Å². The zero-order chi connectivity index (χ0) is 12.0. The van der Waals surface area contributed by atoms with Crippen LogP contribution in [-0.4, -0.2) is 12.1 Å². The van der Waals surface area contributed by atoms with Gasteiger partial charge in [-0.05, 0) is 17.2 Å². The number of hydrogen-bond acceptors (Lipinski definition) is 0. The average molecular weight is 233 g/mol. The van der Waals surface area contributed by atoms with Crippen molar-refractivity contribution in [3.63, 3.8) is 0 Å². The van der Waals surface area contributed by atoms with E-state index in [1.54, 1.807) is 12.1 Å². The van der Waals surface area contributed by atoms with Crippen molar-refractivity contribution in [1.82, 2.24) is 0 Å². The van der Waals surface area contributed by atoms with Gasteiger partial charge >= 0.3 is 12.1 Å². The molecule has 0 fully saturated rings. The molecule has 1 aromatic rings. The molecular weight excluding hydrogens is 227 g/mol. The molecule has 0 amide bonds. The van der Waals surface area contributed by atoms with Crippen molar-refractivity contribution in [2.75, 3.05) is 0 Å². The number of fused-ring (bicyclic) bond motifs is 1. The number of halogens is 5. The minimum atomic E-state index is -5.56. The largest absolute Gasteiger partial charge is 0.457 e. The van der Waals surface area contributed by atoms with Crippen molar-refractivity contribution in [2.24, 2.45) is 0 Å². The average Bonchev–Trinajstić information content (AvgIpc) is 2.59. The van der Waals surface area contributed by atoms with Gasteiger partial charge in [-0.15, -0.1) is 0 Å². The molecule has 0 nitrogen and oxygen atoms in total. The van der Waals surface area contributed by atoms with Gasteiger partial charge in [0.2, 0.25) is 0 Å². The predicted molar refractivity (Wildman–Crippen MR) is 48.8 cm³/mol. The molecule has 0 saturated carbocycles. The molecule has 1 aromatic carbocycles. The summed E-state index contributed by atoms with van der Waals surface area (Å²) in [4.78, 5) is 0. The topological polar surface area (TPSA) is 0 Å². The third kappa shape index (κ3) is 1.60. The number of allylic oxidation sites excluding steroid dienone is 1. The lowest BCUT2D eigenvalue weighted by molar-refractivity contribution is -0.262. The normalized spacial score (nSPS) is 15.9. The predicted octanol–water partition coefficient (Wildman–Crippen LogP) is 3.83. The molecule has 1 aliphatic rings. The van der Waals surface area contributed by atoms with E-state index < -0.39 is 17.7 Å². The first-order valence-electron chi connectivity index (χ1n) is 4.43. The number of rotatable bonds is 1. The van der Waals surface area contributed by atoms with Crippen LogP contribution in [0, 0.1) is 6.42 Å². The fourth-order valence-corrected chi connectivity index (χ4v) is 1.50. The summed E-state index contributed by atoms with van der Waals surface area (Å²) in [6.45, 7) is 0. The molecular formula is C11H6F5. The Morgan fingerprint density at radius 3 is 1.88 bits per heavy atom. The van der Waals surface area contributed by atoms with Crippen LogP contribution in [0.5, 0.6) is 0 Å². The van der Waals surface area contributed by atoms with Gasteiger partial charge in [0, 0.05) is 12.0 Å². The Kier molecular flexibility index (Phi) is 2.29. The van der Waals surface area contributed by atoms with E-state index >= 15 is 0 Å². The molecule has 0 unspecified atom stereocenters. The van der Waals surface area contributed by atoms with E-state index in [-0.39, 0.29) is 0 Å². The molecule has 0 saturated heterocycles. The van der Waals surface area contributed by atoms with Crippen molar-refractivity contribution in [3.8, 4) is 0 Å². The first-order chi connectivity index (χ1) is 7.32. The summed E-state index contributed by atoms with van der Waals surface area (Å²) in [5.41, 5.74) is -0.260. The molecule has 5 heteroatoms. The van der Waals surface area contributed by atoms with Gasteiger partial charge in [-0.1, -0.05) is 24.3 Å². The van der Waals surface area contributed by atoms with Crippen LogP contribution in [-0.2, 0) is 0 Å². The minimum Gasteiger partial charge on any atom is -0.191 e. The molecule has 85 valence electrons. The lowest BCUT2D eigenvalue weighted by atomic mass is 10.1. The molecule has 0 aliphatic heterocycles. The molecule has 1 aliphatic carbocycles. The standard InChI is InChI=1S/C11H6F5/c12-10(13,11(14,15)16)9-5-7-3-1-2-4-8(7)6-9/h1-6H. The van der Waals surface area contributed by atoms with Gasteiger partial charge in [0.1, 0.15) is 0 Å². The Bertz CT molecular complexity index is 442. The van der Waals surface area contributed by atoms with E-state index in [9.17, 15) is 22.0 Å². The third-order valence-electron chi connectivity index (χ3n) is 2.34. The Balaban J connectivity index is 2.36. The van der Waals surface area contributed by atoms with Crippen LogP contribution < -0.4 is 0 Å². The monoisotopic (exact) mass is 233 g/mol. The quantitative estimate of drug-likeness (QED) is 0.646. The molecule has 0 aromatic heterocycles. The van der Waals surface area contributed by atoms with Gasteiger partial charge in [-0.2, -0.15) is 22.0 Å².